The number of amides is 1. The van der Waals surface area contributed by atoms with E-state index in [1.54, 1.807) is 12.1 Å². The molecule has 2 aromatic carbocycles. The normalized spacial score (nSPS) is 10.8. The van der Waals surface area contributed by atoms with E-state index in [-0.39, 0.29) is 11.5 Å². The summed E-state index contributed by atoms with van der Waals surface area (Å²) < 4.78 is 1.53. The van der Waals surface area contributed by atoms with Crippen molar-refractivity contribution in [3.05, 3.63) is 69.4 Å². The largest absolute Gasteiger partial charge is 0.382 e. The minimum absolute atomic E-state index is 0.0923. The Morgan fingerprint density at radius 3 is 2.65 bits per heavy atom. The number of hydrogen-bond acceptors (Lipinski definition) is 4. The molecule has 0 aliphatic carbocycles. The van der Waals surface area contributed by atoms with Crippen molar-refractivity contribution in [1.29, 1.82) is 0 Å². The van der Waals surface area contributed by atoms with Gasteiger partial charge in [-0.3, -0.25) is 4.79 Å². The van der Waals surface area contributed by atoms with Crippen molar-refractivity contribution in [3.63, 3.8) is 0 Å². The lowest BCUT2D eigenvalue weighted by Crippen LogP contribution is -2.16. The Kier molecular flexibility index (Phi) is 4.95. The van der Waals surface area contributed by atoms with E-state index < -0.39 is 5.91 Å². The fourth-order valence-electron chi connectivity index (χ4n) is 2.64. The van der Waals surface area contributed by atoms with E-state index in [0.717, 1.165) is 22.3 Å². The Bertz CT molecular complexity index is 980. The maximum Gasteiger partial charge on any atom is 0.280 e. The van der Waals surface area contributed by atoms with Crippen LogP contribution in [0.15, 0.2) is 36.4 Å². The molecule has 0 saturated carbocycles. The summed E-state index contributed by atoms with van der Waals surface area (Å²) in [7, 11) is 0. The first kappa shape index (κ1) is 17.9. The number of anilines is 2. The summed E-state index contributed by atoms with van der Waals surface area (Å²) in [5.41, 5.74) is 11.1. The summed E-state index contributed by atoms with van der Waals surface area (Å²) in [6, 6.07) is 11.5. The molecule has 3 N–H and O–H groups in total. The molecule has 134 valence electrons. The fourth-order valence-corrected chi connectivity index (χ4v) is 2.81. The Morgan fingerprint density at radius 2 is 1.88 bits per heavy atom. The van der Waals surface area contributed by atoms with E-state index in [1.165, 1.54) is 4.68 Å². The number of aromatic nitrogens is 3. The SMILES string of the molecule is Cc1ccc(C)c(Cn2nnc(C(=O)Nc3cc(Cl)ccc3C)c2N)c1. The van der Waals surface area contributed by atoms with Gasteiger partial charge in [-0.25, -0.2) is 4.68 Å². The van der Waals surface area contributed by atoms with Crippen LogP contribution >= 0.6 is 11.6 Å². The van der Waals surface area contributed by atoms with Crippen LogP contribution in [0.2, 0.25) is 5.02 Å². The average Bonchev–Trinajstić information content (AvgIpc) is 2.95. The molecule has 1 aromatic heterocycles. The van der Waals surface area contributed by atoms with Crippen molar-refractivity contribution in [3.8, 4) is 0 Å². The molecule has 1 heterocycles. The van der Waals surface area contributed by atoms with E-state index in [4.69, 9.17) is 17.3 Å². The van der Waals surface area contributed by atoms with Gasteiger partial charge in [0.2, 0.25) is 0 Å². The van der Waals surface area contributed by atoms with Crippen molar-refractivity contribution in [2.45, 2.75) is 27.3 Å². The smallest absolute Gasteiger partial charge is 0.280 e. The van der Waals surface area contributed by atoms with Gasteiger partial charge < -0.3 is 11.1 Å². The van der Waals surface area contributed by atoms with Gasteiger partial charge in [0, 0.05) is 10.7 Å². The van der Waals surface area contributed by atoms with Crippen LogP contribution in [0.5, 0.6) is 0 Å². The Morgan fingerprint density at radius 1 is 1.15 bits per heavy atom. The van der Waals surface area contributed by atoms with Crippen molar-refractivity contribution < 1.29 is 4.79 Å². The fraction of sp³-hybridized carbons (Fsp3) is 0.211. The number of nitrogens with two attached hydrogens (primary N) is 1. The predicted octanol–water partition coefficient (Wildman–Crippen LogP) is 3.74. The molecule has 3 rings (SSSR count). The molecular formula is C19H20ClN5O. The number of carbonyl (C=O) groups is 1. The van der Waals surface area contributed by atoms with Crippen LogP contribution in [0.1, 0.15) is 32.7 Å². The minimum Gasteiger partial charge on any atom is -0.382 e. The molecule has 6 nitrogen and oxygen atoms in total. The van der Waals surface area contributed by atoms with Crippen molar-refractivity contribution in [2.24, 2.45) is 0 Å². The van der Waals surface area contributed by atoms with Crippen LogP contribution in [0.4, 0.5) is 11.5 Å². The standard InChI is InChI=1S/C19H20ClN5O/c1-11-4-5-12(2)14(8-11)10-25-18(21)17(23-24-25)19(26)22-16-9-15(20)7-6-13(16)3/h4-9H,10,21H2,1-3H3,(H,22,26). The number of aryl methyl sites for hydroxylation is 3. The number of carbonyl (C=O) groups excluding carboxylic acids is 1. The van der Waals surface area contributed by atoms with Gasteiger partial charge >= 0.3 is 0 Å². The summed E-state index contributed by atoms with van der Waals surface area (Å²) in [6.45, 7) is 6.39. The highest BCUT2D eigenvalue weighted by molar-refractivity contribution is 6.31. The molecule has 3 aromatic rings. The zero-order chi connectivity index (χ0) is 18.8. The summed E-state index contributed by atoms with van der Waals surface area (Å²) in [6.07, 6.45) is 0. The van der Waals surface area contributed by atoms with Gasteiger partial charge in [-0.1, -0.05) is 46.6 Å². The Hall–Kier alpha value is -2.86. The van der Waals surface area contributed by atoms with E-state index in [0.29, 0.717) is 17.3 Å². The second kappa shape index (κ2) is 7.17. The predicted molar refractivity (Wildman–Crippen MR) is 104 cm³/mol. The van der Waals surface area contributed by atoms with Crippen molar-refractivity contribution in [1.82, 2.24) is 15.0 Å². The molecule has 0 fully saturated rings. The molecule has 1 amide bonds. The molecule has 0 aliphatic heterocycles. The van der Waals surface area contributed by atoms with Crippen LogP contribution in [0.3, 0.4) is 0 Å². The summed E-state index contributed by atoms with van der Waals surface area (Å²) in [5.74, 6) is -0.192. The van der Waals surface area contributed by atoms with Crippen molar-refractivity contribution in [2.75, 3.05) is 11.1 Å². The van der Waals surface area contributed by atoms with E-state index in [1.807, 2.05) is 32.9 Å². The first-order chi connectivity index (χ1) is 12.3. The topological polar surface area (TPSA) is 85.8 Å². The lowest BCUT2D eigenvalue weighted by atomic mass is 10.1. The first-order valence-corrected chi connectivity index (χ1v) is 8.55. The molecule has 0 spiro atoms. The highest BCUT2D eigenvalue weighted by Gasteiger charge is 2.19. The second-order valence-corrected chi connectivity index (χ2v) is 6.76. The van der Waals surface area contributed by atoms with Gasteiger partial charge in [0.25, 0.3) is 5.91 Å². The zero-order valence-electron chi connectivity index (χ0n) is 14.9. The maximum atomic E-state index is 12.5. The summed E-state index contributed by atoms with van der Waals surface area (Å²) in [5, 5.41) is 11.3. The number of rotatable bonds is 4. The van der Waals surface area contributed by atoms with E-state index >= 15 is 0 Å². The molecule has 0 atom stereocenters. The molecule has 7 heteroatoms. The molecule has 0 aliphatic rings. The minimum atomic E-state index is -0.417. The Labute approximate surface area is 157 Å². The number of nitrogens with one attached hydrogen (secondary N) is 1. The van der Waals surface area contributed by atoms with Crippen LogP contribution in [0, 0.1) is 20.8 Å². The summed E-state index contributed by atoms with van der Waals surface area (Å²) in [4.78, 5) is 12.5. The quantitative estimate of drug-likeness (QED) is 0.733. The first-order valence-electron chi connectivity index (χ1n) is 8.17. The van der Waals surface area contributed by atoms with Crippen LogP contribution in [0.25, 0.3) is 0 Å². The average molecular weight is 370 g/mol. The number of benzene rings is 2. The number of nitrogen functional groups attached to an aromatic ring is 1. The number of halogens is 1. The second-order valence-electron chi connectivity index (χ2n) is 6.32. The van der Waals surface area contributed by atoms with Crippen molar-refractivity contribution >= 4 is 29.0 Å². The Balaban J connectivity index is 1.83. The molecule has 26 heavy (non-hydrogen) atoms. The van der Waals surface area contributed by atoms with Gasteiger partial charge in [-0.15, -0.1) is 5.10 Å². The molecular weight excluding hydrogens is 350 g/mol. The van der Waals surface area contributed by atoms with Gasteiger partial charge in [-0.05, 0) is 49.6 Å². The summed E-state index contributed by atoms with van der Waals surface area (Å²) >= 11 is 5.99. The van der Waals surface area contributed by atoms with E-state index in [2.05, 4.69) is 27.8 Å². The van der Waals surface area contributed by atoms with Gasteiger partial charge in [0.05, 0.1) is 6.54 Å². The highest BCUT2D eigenvalue weighted by atomic mass is 35.5. The van der Waals surface area contributed by atoms with Gasteiger partial charge in [-0.2, -0.15) is 0 Å². The third-order valence-corrected chi connectivity index (χ3v) is 4.50. The van der Waals surface area contributed by atoms with Crippen LogP contribution < -0.4 is 11.1 Å². The van der Waals surface area contributed by atoms with E-state index in [9.17, 15) is 4.79 Å². The highest BCUT2D eigenvalue weighted by Crippen LogP contribution is 2.22. The third kappa shape index (κ3) is 3.70. The molecule has 0 bridgehead atoms. The molecule has 0 saturated heterocycles. The third-order valence-electron chi connectivity index (χ3n) is 4.26. The molecule has 0 radical (unpaired) electrons. The maximum absolute atomic E-state index is 12.5. The lowest BCUT2D eigenvalue weighted by Gasteiger charge is -2.09. The lowest BCUT2D eigenvalue weighted by molar-refractivity contribution is 0.102. The van der Waals surface area contributed by atoms with Gasteiger partial charge in [0.15, 0.2) is 11.5 Å². The molecule has 0 unspecified atom stereocenters. The monoisotopic (exact) mass is 369 g/mol. The number of hydrogen-bond donors (Lipinski definition) is 2. The van der Waals surface area contributed by atoms with Gasteiger partial charge in [0.1, 0.15) is 0 Å². The zero-order valence-corrected chi connectivity index (χ0v) is 15.6. The number of nitrogens with zero attached hydrogens (tertiary/aromatic N) is 3. The van der Waals surface area contributed by atoms with Crippen LogP contribution in [-0.2, 0) is 6.54 Å². The van der Waals surface area contributed by atoms with Crippen LogP contribution in [-0.4, -0.2) is 20.9 Å².